The van der Waals surface area contributed by atoms with Gasteiger partial charge in [0.15, 0.2) is 0 Å². The van der Waals surface area contributed by atoms with Crippen LogP contribution in [0.4, 0.5) is 13.2 Å². The Hall–Kier alpha value is -1.04. The molecule has 1 aromatic carbocycles. The fourth-order valence-corrected chi connectivity index (χ4v) is 1.99. The SMILES string of the molecule is O=C(NC1CC1)c1ccc(C(F)(F)F)c(Br)c1. The van der Waals surface area contributed by atoms with Crippen LogP contribution >= 0.6 is 15.9 Å². The predicted molar refractivity (Wildman–Crippen MR) is 59.6 cm³/mol. The molecule has 17 heavy (non-hydrogen) atoms. The van der Waals surface area contributed by atoms with Gasteiger partial charge in [-0.15, -0.1) is 0 Å². The minimum absolute atomic E-state index is 0.117. The molecule has 0 atom stereocenters. The van der Waals surface area contributed by atoms with Crippen LogP contribution in [0.3, 0.4) is 0 Å². The van der Waals surface area contributed by atoms with E-state index >= 15 is 0 Å². The second kappa shape index (κ2) is 4.33. The average Bonchev–Trinajstić information content (AvgIpc) is 2.99. The number of alkyl halides is 3. The van der Waals surface area contributed by atoms with E-state index in [4.69, 9.17) is 0 Å². The number of amides is 1. The van der Waals surface area contributed by atoms with Crippen LogP contribution in [0.1, 0.15) is 28.8 Å². The summed E-state index contributed by atoms with van der Waals surface area (Å²) in [5.41, 5.74) is -0.544. The molecule has 0 unspecified atom stereocenters. The Labute approximate surface area is 104 Å². The number of halogens is 4. The molecule has 0 bridgehead atoms. The highest BCUT2D eigenvalue weighted by Gasteiger charge is 2.33. The summed E-state index contributed by atoms with van der Waals surface area (Å²) in [6, 6.07) is 3.47. The summed E-state index contributed by atoms with van der Waals surface area (Å²) >= 11 is 2.83. The molecule has 0 aromatic heterocycles. The third kappa shape index (κ3) is 3.00. The van der Waals surface area contributed by atoms with Crippen molar-refractivity contribution in [3.8, 4) is 0 Å². The maximum Gasteiger partial charge on any atom is 0.417 e. The molecule has 0 heterocycles. The lowest BCUT2D eigenvalue weighted by atomic mass is 10.1. The normalized spacial score (nSPS) is 15.8. The lowest BCUT2D eigenvalue weighted by molar-refractivity contribution is -0.138. The topological polar surface area (TPSA) is 29.1 Å². The Kier molecular flexibility index (Phi) is 3.16. The number of carbonyl (C=O) groups excluding carboxylic acids is 1. The van der Waals surface area contributed by atoms with E-state index in [1.54, 1.807) is 0 Å². The molecular weight excluding hydrogens is 299 g/mol. The van der Waals surface area contributed by atoms with Crippen LogP contribution in [0, 0.1) is 0 Å². The number of hydrogen-bond acceptors (Lipinski definition) is 1. The molecule has 1 fully saturated rings. The summed E-state index contributed by atoms with van der Waals surface area (Å²) < 4.78 is 37.3. The molecule has 1 N–H and O–H groups in total. The van der Waals surface area contributed by atoms with Gasteiger partial charge in [-0.05, 0) is 31.0 Å². The zero-order chi connectivity index (χ0) is 12.6. The summed E-state index contributed by atoms with van der Waals surface area (Å²) in [7, 11) is 0. The lowest BCUT2D eigenvalue weighted by Crippen LogP contribution is -2.25. The van der Waals surface area contributed by atoms with Crippen molar-refractivity contribution in [1.82, 2.24) is 5.32 Å². The van der Waals surface area contributed by atoms with Crippen LogP contribution in [0.15, 0.2) is 22.7 Å². The van der Waals surface area contributed by atoms with E-state index in [-0.39, 0.29) is 22.0 Å². The number of benzene rings is 1. The van der Waals surface area contributed by atoms with E-state index in [9.17, 15) is 18.0 Å². The minimum Gasteiger partial charge on any atom is -0.349 e. The van der Waals surface area contributed by atoms with Gasteiger partial charge in [-0.25, -0.2) is 0 Å². The van der Waals surface area contributed by atoms with Gasteiger partial charge in [-0.1, -0.05) is 15.9 Å². The van der Waals surface area contributed by atoms with Crippen LogP contribution < -0.4 is 5.32 Å². The molecule has 1 aliphatic carbocycles. The van der Waals surface area contributed by atoms with Gasteiger partial charge in [0.05, 0.1) is 5.56 Å². The van der Waals surface area contributed by atoms with Crippen molar-refractivity contribution in [2.45, 2.75) is 25.1 Å². The highest BCUT2D eigenvalue weighted by molar-refractivity contribution is 9.10. The van der Waals surface area contributed by atoms with Crippen LogP contribution in [0.2, 0.25) is 0 Å². The summed E-state index contributed by atoms with van der Waals surface area (Å²) in [5, 5.41) is 2.71. The van der Waals surface area contributed by atoms with Gasteiger partial charge in [-0.3, -0.25) is 4.79 Å². The predicted octanol–water partition coefficient (Wildman–Crippen LogP) is 3.36. The van der Waals surface area contributed by atoms with Gasteiger partial charge in [0, 0.05) is 16.1 Å². The van der Waals surface area contributed by atoms with Crippen molar-refractivity contribution in [2.75, 3.05) is 0 Å². The standard InChI is InChI=1S/C11H9BrF3NO/c12-9-5-6(10(17)16-7-2-3-7)1-4-8(9)11(13,14)15/h1,4-5,7H,2-3H2,(H,16,17). The average molecular weight is 308 g/mol. The fourth-order valence-electron chi connectivity index (χ4n) is 1.38. The molecule has 1 saturated carbocycles. The monoisotopic (exact) mass is 307 g/mol. The first kappa shape index (κ1) is 12.4. The van der Waals surface area contributed by atoms with Gasteiger partial charge in [0.1, 0.15) is 0 Å². The maximum absolute atomic E-state index is 12.5. The second-order valence-electron chi connectivity index (χ2n) is 3.94. The number of rotatable bonds is 2. The van der Waals surface area contributed by atoms with Crippen LogP contribution in [0.5, 0.6) is 0 Å². The fraction of sp³-hybridized carbons (Fsp3) is 0.364. The van der Waals surface area contributed by atoms with Crippen LogP contribution in [0.25, 0.3) is 0 Å². The quantitative estimate of drug-likeness (QED) is 0.892. The van der Waals surface area contributed by atoms with E-state index in [1.165, 1.54) is 12.1 Å². The van der Waals surface area contributed by atoms with E-state index in [1.807, 2.05) is 0 Å². The minimum atomic E-state index is -4.41. The van der Waals surface area contributed by atoms with Gasteiger partial charge in [-0.2, -0.15) is 13.2 Å². The molecule has 0 radical (unpaired) electrons. The molecule has 0 saturated heterocycles. The summed E-state index contributed by atoms with van der Waals surface area (Å²) in [5.74, 6) is -0.332. The Morgan fingerprint density at radius 1 is 1.35 bits per heavy atom. The largest absolute Gasteiger partial charge is 0.417 e. The van der Waals surface area contributed by atoms with Gasteiger partial charge < -0.3 is 5.32 Å². The summed E-state index contributed by atoms with van der Waals surface area (Å²) in [6.45, 7) is 0. The number of hydrogen-bond donors (Lipinski definition) is 1. The molecule has 1 amide bonds. The van der Waals surface area contributed by atoms with Crippen LogP contribution in [-0.4, -0.2) is 11.9 Å². The molecule has 2 rings (SSSR count). The molecule has 1 aliphatic rings. The molecule has 92 valence electrons. The first-order chi connectivity index (χ1) is 7.88. The van der Waals surface area contributed by atoms with Crippen molar-refractivity contribution < 1.29 is 18.0 Å². The molecule has 2 nitrogen and oxygen atoms in total. The van der Waals surface area contributed by atoms with E-state index in [2.05, 4.69) is 21.2 Å². The van der Waals surface area contributed by atoms with Gasteiger partial charge in [0.25, 0.3) is 5.91 Å². The van der Waals surface area contributed by atoms with Crippen molar-refractivity contribution in [1.29, 1.82) is 0 Å². The molecule has 0 aliphatic heterocycles. The Balaban J connectivity index is 2.20. The highest BCUT2D eigenvalue weighted by Crippen LogP contribution is 2.35. The molecule has 0 spiro atoms. The molecule has 6 heteroatoms. The zero-order valence-electron chi connectivity index (χ0n) is 8.64. The third-order valence-electron chi connectivity index (χ3n) is 2.45. The van der Waals surface area contributed by atoms with Crippen LogP contribution in [-0.2, 0) is 6.18 Å². The summed E-state index contributed by atoms with van der Waals surface area (Å²) in [4.78, 5) is 11.6. The first-order valence-electron chi connectivity index (χ1n) is 5.05. The van der Waals surface area contributed by atoms with E-state index in [0.29, 0.717) is 0 Å². The Morgan fingerprint density at radius 2 is 2.00 bits per heavy atom. The van der Waals surface area contributed by atoms with Crippen molar-refractivity contribution >= 4 is 21.8 Å². The van der Waals surface area contributed by atoms with E-state index in [0.717, 1.165) is 18.9 Å². The maximum atomic E-state index is 12.5. The smallest absolute Gasteiger partial charge is 0.349 e. The Morgan fingerprint density at radius 3 is 2.47 bits per heavy atom. The van der Waals surface area contributed by atoms with Gasteiger partial charge in [0.2, 0.25) is 0 Å². The summed E-state index contributed by atoms with van der Waals surface area (Å²) in [6.07, 6.45) is -2.54. The number of carbonyl (C=O) groups is 1. The van der Waals surface area contributed by atoms with Crippen molar-refractivity contribution in [2.24, 2.45) is 0 Å². The first-order valence-corrected chi connectivity index (χ1v) is 5.85. The van der Waals surface area contributed by atoms with Crippen molar-refractivity contribution in [3.63, 3.8) is 0 Å². The second-order valence-corrected chi connectivity index (χ2v) is 4.79. The van der Waals surface area contributed by atoms with E-state index < -0.39 is 11.7 Å². The number of nitrogens with one attached hydrogen (secondary N) is 1. The highest BCUT2D eigenvalue weighted by atomic mass is 79.9. The van der Waals surface area contributed by atoms with Crippen molar-refractivity contribution in [3.05, 3.63) is 33.8 Å². The lowest BCUT2D eigenvalue weighted by Gasteiger charge is -2.10. The third-order valence-corrected chi connectivity index (χ3v) is 3.11. The van der Waals surface area contributed by atoms with Gasteiger partial charge >= 0.3 is 6.18 Å². The molecule has 1 aromatic rings. The molecular formula is C11H9BrF3NO. The zero-order valence-corrected chi connectivity index (χ0v) is 10.2. The Bertz CT molecular complexity index is 455.